The van der Waals surface area contributed by atoms with Crippen LogP contribution in [0.4, 0.5) is 14.5 Å². The van der Waals surface area contributed by atoms with E-state index in [0.717, 1.165) is 12.1 Å². The topological polar surface area (TPSA) is 59.3 Å². The van der Waals surface area contributed by atoms with Gasteiger partial charge in [-0.05, 0) is 42.5 Å². The number of amides is 1. The quantitative estimate of drug-likeness (QED) is 0.739. The number of halogens is 2. The van der Waals surface area contributed by atoms with Crippen LogP contribution in [0.3, 0.4) is 0 Å². The first kappa shape index (κ1) is 13.9. The Kier molecular flexibility index (Phi) is 3.42. The molecule has 3 rings (SSSR count). The van der Waals surface area contributed by atoms with Crippen molar-refractivity contribution in [3.05, 3.63) is 76.1 Å². The summed E-state index contributed by atoms with van der Waals surface area (Å²) in [6.45, 7) is 0. The summed E-state index contributed by atoms with van der Waals surface area (Å²) in [5, 5.41) is 3.19. The first-order valence-electron chi connectivity index (χ1n) is 6.33. The molecule has 2 aromatic carbocycles. The first-order valence-corrected chi connectivity index (χ1v) is 6.33. The standard InChI is InChI=1S/C16H9F2NO3/c17-12-4-1-10(8-13(12)18)16(21)19-11-3-5-14-9(7-11)2-6-15(20)22-14/h1-8H,(H,19,21). The van der Waals surface area contributed by atoms with Gasteiger partial charge in [-0.3, -0.25) is 4.79 Å². The van der Waals surface area contributed by atoms with Crippen molar-refractivity contribution in [2.24, 2.45) is 0 Å². The van der Waals surface area contributed by atoms with Gasteiger partial charge in [0.2, 0.25) is 0 Å². The van der Waals surface area contributed by atoms with E-state index in [-0.39, 0.29) is 5.56 Å². The Balaban J connectivity index is 1.88. The third kappa shape index (κ3) is 2.71. The van der Waals surface area contributed by atoms with Gasteiger partial charge < -0.3 is 9.73 Å². The minimum absolute atomic E-state index is 0.00131. The van der Waals surface area contributed by atoms with Crippen LogP contribution in [0, 0.1) is 11.6 Å². The Hall–Kier alpha value is -3.02. The molecule has 0 atom stereocenters. The van der Waals surface area contributed by atoms with E-state index in [2.05, 4.69) is 5.32 Å². The fourth-order valence-electron chi connectivity index (χ4n) is 1.99. The number of hydrogen-bond donors (Lipinski definition) is 1. The fourth-order valence-corrected chi connectivity index (χ4v) is 1.99. The van der Waals surface area contributed by atoms with Crippen LogP contribution < -0.4 is 10.9 Å². The van der Waals surface area contributed by atoms with Gasteiger partial charge in [0.1, 0.15) is 5.58 Å². The van der Waals surface area contributed by atoms with Gasteiger partial charge in [-0.15, -0.1) is 0 Å². The first-order chi connectivity index (χ1) is 10.5. The zero-order valence-corrected chi connectivity index (χ0v) is 11.1. The number of anilines is 1. The summed E-state index contributed by atoms with van der Waals surface area (Å²) in [4.78, 5) is 23.1. The number of fused-ring (bicyclic) bond motifs is 1. The average Bonchev–Trinajstić information content (AvgIpc) is 2.50. The molecule has 0 fully saturated rings. The Morgan fingerprint density at radius 2 is 1.77 bits per heavy atom. The number of carbonyl (C=O) groups is 1. The monoisotopic (exact) mass is 301 g/mol. The molecular formula is C16H9F2NO3. The Bertz CT molecular complexity index is 934. The predicted molar refractivity (Wildman–Crippen MR) is 76.8 cm³/mol. The summed E-state index contributed by atoms with van der Waals surface area (Å²) >= 11 is 0. The maximum Gasteiger partial charge on any atom is 0.336 e. The molecule has 22 heavy (non-hydrogen) atoms. The SMILES string of the molecule is O=C(Nc1ccc2oc(=O)ccc2c1)c1ccc(F)c(F)c1. The molecule has 0 unspecified atom stereocenters. The van der Waals surface area contributed by atoms with Crippen LogP contribution in [-0.2, 0) is 0 Å². The van der Waals surface area contributed by atoms with E-state index in [1.165, 1.54) is 18.2 Å². The van der Waals surface area contributed by atoms with E-state index in [4.69, 9.17) is 4.42 Å². The van der Waals surface area contributed by atoms with Crippen molar-refractivity contribution in [2.45, 2.75) is 0 Å². The number of hydrogen-bond acceptors (Lipinski definition) is 3. The minimum Gasteiger partial charge on any atom is -0.423 e. The molecule has 4 nitrogen and oxygen atoms in total. The molecule has 0 bridgehead atoms. The summed E-state index contributed by atoms with van der Waals surface area (Å²) in [7, 11) is 0. The molecule has 3 aromatic rings. The number of nitrogens with one attached hydrogen (secondary N) is 1. The van der Waals surface area contributed by atoms with Crippen molar-refractivity contribution in [3.8, 4) is 0 Å². The van der Waals surface area contributed by atoms with Crippen LogP contribution in [0.25, 0.3) is 11.0 Å². The van der Waals surface area contributed by atoms with E-state index in [1.807, 2.05) is 0 Å². The van der Waals surface area contributed by atoms with Crippen LogP contribution in [0.15, 0.2) is 57.7 Å². The molecule has 1 aromatic heterocycles. The molecule has 0 aliphatic carbocycles. The van der Waals surface area contributed by atoms with E-state index in [0.29, 0.717) is 16.7 Å². The fraction of sp³-hybridized carbons (Fsp3) is 0. The van der Waals surface area contributed by atoms with Gasteiger partial charge in [0.15, 0.2) is 11.6 Å². The van der Waals surface area contributed by atoms with Crippen molar-refractivity contribution in [1.82, 2.24) is 0 Å². The molecular weight excluding hydrogens is 292 g/mol. The maximum atomic E-state index is 13.1. The number of carbonyl (C=O) groups excluding carboxylic acids is 1. The Labute approximate surface area is 123 Å². The lowest BCUT2D eigenvalue weighted by molar-refractivity contribution is 0.102. The summed E-state index contributed by atoms with van der Waals surface area (Å²) in [5.41, 5.74) is 0.360. The van der Waals surface area contributed by atoms with Crippen molar-refractivity contribution in [3.63, 3.8) is 0 Å². The van der Waals surface area contributed by atoms with Crippen molar-refractivity contribution in [1.29, 1.82) is 0 Å². The Morgan fingerprint density at radius 1 is 0.955 bits per heavy atom. The smallest absolute Gasteiger partial charge is 0.336 e. The van der Waals surface area contributed by atoms with Crippen molar-refractivity contribution >= 4 is 22.6 Å². The van der Waals surface area contributed by atoms with Crippen LogP contribution in [0.5, 0.6) is 0 Å². The molecule has 1 amide bonds. The zero-order valence-electron chi connectivity index (χ0n) is 11.1. The second-order valence-electron chi connectivity index (χ2n) is 4.59. The van der Waals surface area contributed by atoms with E-state index in [9.17, 15) is 18.4 Å². The molecule has 6 heteroatoms. The molecule has 0 saturated carbocycles. The molecule has 1 N–H and O–H groups in total. The molecule has 1 heterocycles. The highest BCUT2D eigenvalue weighted by Crippen LogP contribution is 2.18. The largest absolute Gasteiger partial charge is 0.423 e. The lowest BCUT2D eigenvalue weighted by atomic mass is 10.1. The molecule has 0 saturated heterocycles. The van der Waals surface area contributed by atoms with Gasteiger partial charge in [-0.1, -0.05) is 0 Å². The lowest BCUT2D eigenvalue weighted by Gasteiger charge is -2.06. The van der Waals surface area contributed by atoms with E-state index in [1.54, 1.807) is 18.2 Å². The molecule has 0 radical (unpaired) electrons. The summed E-state index contributed by atoms with van der Waals surface area (Å²) in [6, 6.07) is 10.4. The van der Waals surface area contributed by atoms with Crippen LogP contribution in [0.2, 0.25) is 0 Å². The van der Waals surface area contributed by atoms with Gasteiger partial charge >= 0.3 is 5.63 Å². The normalized spacial score (nSPS) is 10.6. The van der Waals surface area contributed by atoms with E-state index >= 15 is 0 Å². The number of rotatable bonds is 2. The zero-order chi connectivity index (χ0) is 15.7. The van der Waals surface area contributed by atoms with Gasteiger partial charge in [-0.2, -0.15) is 0 Å². The average molecular weight is 301 g/mol. The van der Waals surface area contributed by atoms with Crippen LogP contribution >= 0.6 is 0 Å². The molecule has 0 aliphatic rings. The maximum absolute atomic E-state index is 13.1. The van der Waals surface area contributed by atoms with Gasteiger partial charge in [0, 0.05) is 22.7 Å². The summed E-state index contributed by atoms with van der Waals surface area (Å²) in [5.74, 6) is -2.68. The Morgan fingerprint density at radius 3 is 2.55 bits per heavy atom. The highest BCUT2D eigenvalue weighted by atomic mass is 19.2. The summed E-state index contributed by atoms with van der Waals surface area (Å²) < 4.78 is 31.0. The van der Waals surface area contributed by atoms with Gasteiger partial charge in [-0.25, -0.2) is 13.6 Å². The predicted octanol–water partition coefficient (Wildman–Crippen LogP) is 3.32. The van der Waals surface area contributed by atoms with Crippen LogP contribution in [0.1, 0.15) is 10.4 Å². The second-order valence-corrected chi connectivity index (χ2v) is 4.59. The summed E-state index contributed by atoms with van der Waals surface area (Å²) in [6.07, 6.45) is 0. The highest BCUT2D eigenvalue weighted by molar-refractivity contribution is 6.05. The van der Waals surface area contributed by atoms with Crippen molar-refractivity contribution in [2.75, 3.05) is 5.32 Å². The van der Waals surface area contributed by atoms with E-state index < -0.39 is 23.2 Å². The van der Waals surface area contributed by atoms with Gasteiger partial charge in [0.25, 0.3) is 5.91 Å². The third-order valence-electron chi connectivity index (χ3n) is 3.06. The third-order valence-corrected chi connectivity index (χ3v) is 3.06. The molecule has 0 aliphatic heterocycles. The second kappa shape index (κ2) is 5.40. The highest BCUT2D eigenvalue weighted by Gasteiger charge is 2.10. The minimum atomic E-state index is -1.09. The molecule has 110 valence electrons. The van der Waals surface area contributed by atoms with Crippen molar-refractivity contribution < 1.29 is 18.0 Å². The van der Waals surface area contributed by atoms with Crippen LogP contribution in [-0.4, -0.2) is 5.91 Å². The lowest BCUT2D eigenvalue weighted by Crippen LogP contribution is -2.12. The molecule has 0 spiro atoms. The number of benzene rings is 2. The van der Waals surface area contributed by atoms with Gasteiger partial charge in [0.05, 0.1) is 0 Å².